The third kappa shape index (κ3) is 2.59. The van der Waals surface area contributed by atoms with Gasteiger partial charge in [-0.15, -0.1) is 0 Å². The van der Waals surface area contributed by atoms with E-state index in [0.29, 0.717) is 18.5 Å². The van der Waals surface area contributed by atoms with Gasteiger partial charge in [-0.1, -0.05) is 0 Å². The van der Waals surface area contributed by atoms with E-state index in [4.69, 9.17) is 5.73 Å². The maximum atomic E-state index is 11.6. The lowest BCUT2D eigenvalue weighted by atomic mass is 10.1. The Kier molecular flexibility index (Phi) is 3.76. The highest BCUT2D eigenvalue weighted by Crippen LogP contribution is 2.16. The van der Waals surface area contributed by atoms with Gasteiger partial charge in [-0.25, -0.2) is 9.97 Å². The lowest BCUT2D eigenvalue weighted by molar-refractivity contribution is -0.124. The third-order valence-corrected chi connectivity index (χ3v) is 3.25. The molecule has 6 nitrogen and oxygen atoms in total. The zero-order valence-electron chi connectivity index (χ0n) is 10.8. The van der Waals surface area contributed by atoms with E-state index in [1.807, 2.05) is 4.90 Å². The molecule has 0 saturated carbocycles. The summed E-state index contributed by atoms with van der Waals surface area (Å²) in [5.74, 6) is 0.372. The van der Waals surface area contributed by atoms with Crippen LogP contribution in [0.4, 0.5) is 5.95 Å². The van der Waals surface area contributed by atoms with Crippen molar-refractivity contribution < 1.29 is 4.79 Å². The molecule has 0 aromatic carbocycles. The van der Waals surface area contributed by atoms with Crippen molar-refractivity contribution in [1.29, 1.82) is 0 Å². The quantitative estimate of drug-likeness (QED) is 0.807. The van der Waals surface area contributed by atoms with Crippen LogP contribution in [0.2, 0.25) is 0 Å². The molecule has 18 heavy (non-hydrogen) atoms. The van der Waals surface area contributed by atoms with Crippen molar-refractivity contribution in [1.82, 2.24) is 14.9 Å². The fourth-order valence-corrected chi connectivity index (χ4v) is 2.30. The van der Waals surface area contributed by atoms with Gasteiger partial charge in [0.1, 0.15) is 6.04 Å². The SMILES string of the molecule is CC(C)N1CCN(c2ncccn2)C[C@@H]1C(N)=O. The number of rotatable bonds is 3. The molecule has 1 fully saturated rings. The fraction of sp³-hybridized carbons (Fsp3) is 0.583. The maximum Gasteiger partial charge on any atom is 0.236 e. The molecule has 98 valence electrons. The molecule has 1 atom stereocenters. The Morgan fingerprint density at radius 2 is 2.06 bits per heavy atom. The van der Waals surface area contributed by atoms with E-state index >= 15 is 0 Å². The minimum Gasteiger partial charge on any atom is -0.368 e. The molecule has 0 radical (unpaired) electrons. The number of anilines is 1. The van der Waals surface area contributed by atoms with Crippen molar-refractivity contribution in [3.63, 3.8) is 0 Å². The van der Waals surface area contributed by atoms with Gasteiger partial charge in [-0.05, 0) is 19.9 Å². The molecule has 1 amide bonds. The average molecular weight is 249 g/mol. The first-order valence-corrected chi connectivity index (χ1v) is 6.16. The van der Waals surface area contributed by atoms with Gasteiger partial charge in [-0.3, -0.25) is 9.69 Å². The van der Waals surface area contributed by atoms with Gasteiger partial charge >= 0.3 is 0 Å². The van der Waals surface area contributed by atoms with Crippen LogP contribution in [0.15, 0.2) is 18.5 Å². The van der Waals surface area contributed by atoms with E-state index in [1.165, 1.54) is 0 Å². The summed E-state index contributed by atoms with van der Waals surface area (Å²) in [7, 11) is 0. The van der Waals surface area contributed by atoms with Crippen molar-refractivity contribution in [2.75, 3.05) is 24.5 Å². The predicted octanol–water partition coefficient (Wildman–Crippen LogP) is -0.139. The Balaban J connectivity index is 2.14. The van der Waals surface area contributed by atoms with Gasteiger partial charge in [0, 0.05) is 38.1 Å². The molecular formula is C12H19N5O. The Labute approximate surface area is 107 Å². The van der Waals surface area contributed by atoms with Gasteiger partial charge < -0.3 is 10.6 Å². The Hall–Kier alpha value is -1.69. The van der Waals surface area contributed by atoms with E-state index in [9.17, 15) is 4.79 Å². The average Bonchev–Trinajstić information content (AvgIpc) is 2.39. The highest BCUT2D eigenvalue weighted by atomic mass is 16.1. The molecule has 1 aromatic heterocycles. The zero-order chi connectivity index (χ0) is 13.1. The largest absolute Gasteiger partial charge is 0.368 e. The smallest absolute Gasteiger partial charge is 0.236 e. The number of aromatic nitrogens is 2. The van der Waals surface area contributed by atoms with Crippen molar-refractivity contribution >= 4 is 11.9 Å². The second-order valence-corrected chi connectivity index (χ2v) is 4.74. The van der Waals surface area contributed by atoms with Crippen LogP contribution in [0.5, 0.6) is 0 Å². The topological polar surface area (TPSA) is 75.3 Å². The molecule has 2 rings (SSSR count). The molecule has 6 heteroatoms. The zero-order valence-corrected chi connectivity index (χ0v) is 10.8. The molecule has 0 spiro atoms. The minimum atomic E-state index is -0.288. The van der Waals surface area contributed by atoms with Gasteiger partial charge in [0.2, 0.25) is 11.9 Å². The molecule has 0 unspecified atom stereocenters. The first-order chi connectivity index (χ1) is 8.59. The summed E-state index contributed by atoms with van der Waals surface area (Å²) in [6, 6.07) is 1.81. The highest BCUT2D eigenvalue weighted by Gasteiger charge is 2.33. The fourth-order valence-electron chi connectivity index (χ4n) is 2.30. The number of nitrogens with zero attached hydrogens (tertiary/aromatic N) is 4. The first kappa shape index (κ1) is 12.8. The molecule has 1 aromatic rings. The van der Waals surface area contributed by atoms with Crippen molar-refractivity contribution in [3.05, 3.63) is 18.5 Å². The third-order valence-electron chi connectivity index (χ3n) is 3.25. The predicted molar refractivity (Wildman–Crippen MR) is 69.1 cm³/mol. The Bertz CT molecular complexity index is 408. The monoisotopic (exact) mass is 249 g/mol. The number of amides is 1. The number of carbonyl (C=O) groups is 1. The van der Waals surface area contributed by atoms with E-state index in [1.54, 1.807) is 18.5 Å². The summed E-state index contributed by atoms with van der Waals surface area (Å²) < 4.78 is 0. The van der Waals surface area contributed by atoms with Crippen LogP contribution in [0.25, 0.3) is 0 Å². The van der Waals surface area contributed by atoms with E-state index < -0.39 is 0 Å². The van der Waals surface area contributed by atoms with E-state index in [-0.39, 0.29) is 11.9 Å². The summed E-state index contributed by atoms with van der Waals surface area (Å²) >= 11 is 0. The van der Waals surface area contributed by atoms with Gasteiger partial charge in [0.15, 0.2) is 0 Å². The van der Waals surface area contributed by atoms with Crippen LogP contribution < -0.4 is 10.6 Å². The molecule has 1 aliphatic heterocycles. The molecule has 1 saturated heterocycles. The second kappa shape index (κ2) is 5.30. The highest BCUT2D eigenvalue weighted by molar-refractivity contribution is 5.80. The maximum absolute atomic E-state index is 11.6. The summed E-state index contributed by atoms with van der Waals surface area (Å²) in [5.41, 5.74) is 5.49. The van der Waals surface area contributed by atoms with E-state index in [2.05, 4.69) is 28.7 Å². The molecule has 0 bridgehead atoms. The number of hydrogen-bond acceptors (Lipinski definition) is 5. The number of hydrogen-bond donors (Lipinski definition) is 1. The molecular weight excluding hydrogens is 230 g/mol. The molecule has 0 aliphatic carbocycles. The van der Waals surface area contributed by atoms with E-state index in [0.717, 1.165) is 13.1 Å². The van der Waals surface area contributed by atoms with Gasteiger partial charge in [0.25, 0.3) is 0 Å². The normalized spacial score (nSPS) is 21.3. The van der Waals surface area contributed by atoms with Crippen LogP contribution >= 0.6 is 0 Å². The number of primary amides is 1. The van der Waals surface area contributed by atoms with Crippen molar-refractivity contribution in [3.8, 4) is 0 Å². The van der Waals surface area contributed by atoms with Crippen molar-refractivity contribution in [2.45, 2.75) is 25.9 Å². The Morgan fingerprint density at radius 3 is 2.61 bits per heavy atom. The summed E-state index contributed by atoms with van der Waals surface area (Å²) in [4.78, 5) is 24.1. The molecule has 2 N–H and O–H groups in total. The first-order valence-electron chi connectivity index (χ1n) is 6.16. The minimum absolute atomic E-state index is 0.275. The number of nitrogens with two attached hydrogens (primary N) is 1. The van der Waals surface area contributed by atoms with Gasteiger partial charge in [0.05, 0.1) is 0 Å². The molecule has 2 heterocycles. The van der Waals surface area contributed by atoms with Crippen LogP contribution in [0, 0.1) is 0 Å². The number of piperazine rings is 1. The van der Waals surface area contributed by atoms with Crippen LogP contribution in [-0.4, -0.2) is 52.5 Å². The van der Waals surface area contributed by atoms with Crippen LogP contribution in [-0.2, 0) is 4.79 Å². The van der Waals surface area contributed by atoms with Gasteiger partial charge in [-0.2, -0.15) is 0 Å². The lowest BCUT2D eigenvalue weighted by Gasteiger charge is -2.41. The van der Waals surface area contributed by atoms with Crippen molar-refractivity contribution in [2.24, 2.45) is 5.73 Å². The van der Waals surface area contributed by atoms with Crippen LogP contribution in [0.3, 0.4) is 0 Å². The summed E-state index contributed by atoms with van der Waals surface area (Å²) in [6.45, 7) is 6.31. The standard InChI is InChI=1S/C12H19N5O/c1-9(2)17-7-6-16(8-10(17)11(13)18)12-14-4-3-5-15-12/h3-5,9-10H,6-8H2,1-2H3,(H2,13,18)/t10-/m1/s1. The van der Waals surface area contributed by atoms with Crippen LogP contribution in [0.1, 0.15) is 13.8 Å². The number of carbonyl (C=O) groups excluding carboxylic acids is 1. The summed E-state index contributed by atoms with van der Waals surface area (Å²) in [5, 5.41) is 0. The molecule has 1 aliphatic rings. The second-order valence-electron chi connectivity index (χ2n) is 4.74. The summed E-state index contributed by atoms with van der Waals surface area (Å²) in [6.07, 6.45) is 3.41. The lowest BCUT2D eigenvalue weighted by Crippen LogP contribution is -2.60. The Morgan fingerprint density at radius 1 is 1.39 bits per heavy atom.